The summed E-state index contributed by atoms with van der Waals surface area (Å²) >= 11 is 3.60. The summed E-state index contributed by atoms with van der Waals surface area (Å²) in [6.45, 7) is 0. The Morgan fingerprint density at radius 2 is 1.95 bits per heavy atom. The minimum absolute atomic E-state index is 0.480. The van der Waals surface area contributed by atoms with Crippen molar-refractivity contribution in [2.24, 2.45) is 0 Å². The number of halogens is 1. The molecule has 0 spiro atoms. The van der Waals surface area contributed by atoms with Crippen LogP contribution in [0.15, 0.2) is 46.9 Å². The Morgan fingerprint density at radius 1 is 1.15 bits per heavy atom. The maximum Gasteiger partial charge on any atom is 0.121 e. The predicted molar refractivity (Wildman–Crippen MR) is 86.6 cm³/mol. The second-order valence-electron chi connectivity index (χ2n) is 5.20. The minimum Gasteiger partial charge on any atom is -0.497 e. The van der Waals surface area contributed by atoms with Crippen LogP contribution in [-0.4, -0.2) is 13.2 Å². The number of ether oxygens (including phenoxy) is 1. The quantitative estimate of drug-likeness (QED) is 0.898. The number of methoxy groups -OCH3 is 1. The summed E-state index contributed by atoms with van der Waals surface area (Å²) < 4.78 is 6.38. The third-order valence-electron chi connectivity index (χ3n) is 3.88. The first-order valence-electron chi connectivity index (χ1n) is 6.93. The minimum atomic E-state index is 0.480. The van der Waals surface area contributed by atoms with Gasteiger partial charge in [-0.3, -0.25) is 0 Å². The SMILES string of the molecule is COc1ccc(Br)c(NC2CCc3ccccc3C2)c1. The Bertz CT molecular complexity index is 612. The van der Waals surface area contributed by atoms with Crippen LogP contribution in [-0.2, 0) is 12.8 Å². The third-order valence-corrected chi connectivity index (χ3v) is 4.57. The van der Waals surface area contributed by atoms with Crippen molar-refractivity contribution in [3.63, 3.8) is 0 Å². The van der Waals surface area contributed by atoms with E-state index in [4.69, 9.17) is 4.74 Å². The van der Waals surface area contributed by atoms with Crippen LogP contribution in [0.25, 0.3) is 0 Å². The lowest BCUT2D eigenvalue weighted by atomic mass is 9.88. The molecule has 0 saturated carbocycles. The van der Waals surface area contributed by atoms with Crippen LogP contribution >= 0.6 is 15.9 Å². The number of nitrogens with one attached hydrogen (secondary N) is 1. The lowest BCUT2D eigenvalue weighted by Gasteiger charge is -2.27. The van der Waals surface area contributed by atoms with Crippen molar-refractivity contribution in [1.29, 1.82) is 0 Å². The third kappa shape index (κ3) is 2.83. The molecule has 1 N–H and O–H groups in total. The van der Waals surface area contributed by atoms with Crippen LogP contribution in [0, 0.1) is 0 Å². The molecule has 0 radical (unpaired) electrons. The highest BCUT2D eigenvalue weighted by atomic mass is 79.9. The summed E-state index contributed by atoms with van der Waals surface area (Å²) in [6, 6.07) is 15.3. The first kappa shape index (κ1) is 13.5. The summed E-state index contributed by atoms with van der Waals surface area (Å²) in [4.78, 5) is 0. The molecular weight excluding hydrogens is 314 g/mol. The molecular formula is C17H18BrNO. The summed E-state index contributed by atoms with van der Waals surface area (Å²) in [7, 11) is 1.70. The lowest BCUT2D eigenvalue weighted by Crippen LogP contribution is -2.27. The standard InChI is InChI=1S/C17H18BrNO/c1-20-15-8-9-16(18)17(11-15)19-14-7-6-12-4-2-3-5-13(12)10-14/h2-5,8-9,11,14,19H,6-7,10H2,1H3. The van der Waals surface area contributed by atoms with Crippen molar-refractivity contribution in [3.8, 4) is 5.75 Å². The fraction of sp³-hybridized carbons (Fsp3) is 0.294. The predicted octanol–water partition coefficient (Wildman–Crippen LogP) is 4.43. The lowest BCUT2D eigenvalue weighted by molar-refractivity contribution is 0.415. The van der Waals surface area contributed by atoms with Crippen molar-refractivity contribution in [1.82, 2.24) is 0 Å². The molecule has 104 valence electrons. The number of rotatable bonds is 3. The summed E-state index contributed by atoms with van der Waals surface area (Å²) in [5.74, 6) is 0.881. The van der Waals surface area contributed by atoms with E-state index in [1.54, 1.807) is 7.11 Å². The summed E-state index contributed by atoms with van der Waals surface area (Å²) in [6.07, 6.45) is 3.40. The van der Waals surface area contributed by atoms with Crippen LogP contribution in [0.1, 0.15) is 17.5 Å². The molecule has 3 heteroatoms. The van der Waals surface area contributed by atoms with Gasteiger partial charge in [0.2, 0.25) is 0 Å². The Hall–Kier alpha value is -1.48. The molecule has 1 aliphatic carbocycles. The highest BCUT2D eigenvalue weighted by Crippen LogP contribution is 2.30. The van der Waals surface area contributed by atoms with Gasteiger partial charge in [-0.05, 0) is 58.5 Å². The molecule has 2 nitrogen and oxygen atoms in total. The van der Waals surface area contributed by atoms with Gasteiger partial charge in [0.05, 0.1) is 12.8 Å². The van der Waals surface area contributed by atoms with Crippen molar-refractivity contribution in [2.45, 2.75) is 25.3 Å². The molecule has 0 bridgehead atoms. The molecule has 2 aromatic carbocycles. The number of hydrogen-bond donors (Lipinski definition) is 1. The first-order valence-corrected chi connectivity index (χ1v) is 7.72. The van der Waals surface area contributed by atoms with E-state index >= 15 is 0 Å². The molecule has 3 rings (SSSR count). The monoisotopic (exact) mass is 331 g/mol. The van der Waals surface area contributed by atoms with Crippen molar-refractivity contribution < 1.29 is 4.74 Å². The van der Waals surface area contributed by atoms with Gasteiger partial charge in [-0.25, -0.2) is 0 Å². The average molecular weight is 332 g/mol. The van der Waals surface area contributed by atoms with E-state index in [-0.39, 0.29) is 0 Å². The second-order valence-corrected chi connectivity index (χ2v) is 6.05. The van der Waals surface area contributed by atoms with Crippen LogP contribution in [0.2, 0.25) is 0 Å². The number of hydrogen-bond acceptors (Lipinski definition) is 2. The van der Waals surface area contributed by atoms with Crippen molar-refractivity contribution in [3.05, 3.63) is 58.1 Å². The molecule has 0 heterocycles. The Labute approximate surface area is 128 Å². The van der Waals surface area contributed by atoms with Crippen molar-refractivity contribution >= 4 is 21.6 Å². The van der Waals surface area contributed by atoms with Gasteiger partial charge in [-0.15, -0.1) is 0 Å². The average Bonchev–Trinajstić information content (AvgIpc) is 2.49. The molecule has 0 saturated heterocycles. The topological polar surface area (TPSA) is 21.3 Å². The zero-order chi connectivity index (χ0) is 13.9. The zero-order valence-corrected chi connectivity index (χ0v) is 13.1. The van der Waals surface area contributed by atoms with E-state index < -0.39 is 0 Å². The fourth-order valence-corrected chi connectivity index (χ4v) is 3.14. The Balaban J connectivity index is 1.76. The largest absolute Gasteiger partial charge is 0.497 e. The van der Waals surface area contributed by atoms with Gasteiger partial charge in [-0.1, -0.05) is 24.3 Å². The molecule has 0 aliphatic heterocycles. The highest BCUT2D eigenvalue weighted by Gasteiger charge is 2.18. The summed E-state index contributed by atoms with van der Waals surface area (Å²) in [5.41, 5.74) is 4.07. The van der Waals surface area contributed by atoms with Gasteiger partial charge < -0.3 is 10.1 Å². The van der Waals surface area contributed by atoms with Crippen LogP contribution in [0.5, 0.6) is 5.75 Å². The van der Waals surface area contributed by atoms with Crippen LogP contribution in [0.3, 0.4) is 0 Å². The Morgan fingerprint density at radius 3 is 2.75 bits per heavy atom. The Kier molecular flexibility index (Phi) is 3.97. The molecule has 1 unspecified atom stereocenters. The zero-order valence-electron chi connectivity index (χ0n) is 11.5. The van der Waals surface area contributed by atoms with E-state index in [1.165, 1.54) is 17.5 Å². The maximum atomic E-state index is 5.29. The van der Waals surface area contributed by atoms with E-state index in [0.717, 1.165) is 28.8 Å². The second kappa shape index (κ2) is 5.88. The van der Waals surface area contributed by atoms with Crippen molar-refractivity contribution in [2.75, 3.05) is 12.4 Å². The van der Waals surface area contributed by atoms with Gasteiger partial charge in [-0.2, -0.15) is 0 Å². The number of anilines is 1. The maximum absolute atomic E-state index is 5.29. The van der Waals surface area contributed by atoms with Gasteiger partial charge in [0, 0.05) is 16.6 Å². The van der Waals surface area contributed by atoms with E-state index in [1.807, 2.05) is 18.2 Å². The normalized spacial score (nSPS) is 17.4. The van der Waals surface area contributed by atoms with E-state index in [2.05, 4.69) is 45.5 Å². The van der Waals surface area contributed by atoms with Gasteiger partial charge in [0.15, 0.2) is 0 Å². The molecule has 0 amide bonds. The first-order chi connectivity index (χ1) is 9.76. The molecule has 1 aliphatic rings. The number of benzene rings is 2. The van der Waals surface area contributed by atoms with Gasteiger partial charge in [0.1, 0.15) is 5.75 Å². The van der Waals surface area contributed by atoms with Crippen LogP contribution in [0.4, 0.5) is 5.69 Å². The molecule has 20 heavy (non-hydrogen) atoms. The number of fused-ring (bicyclic) bond motifs is 1. The van der Waals surface area contributed by atoms with E-state index in [0.29, 0.717) is 6.04 Å². The molecule has 0 aromatic heterocycles. The van der Waals surface area contributed by atoms with Gasteiger partial charge >= 0.3 is 0 Å². The molecule has 0 fully saturated rings. The summed E-state index contributed by atoms with van der Waals surface area (Å²) in [5, 5.41) is 3.64. The van der Waals surface area contributed by atoms with E-state index in [9.17, 15) is 0 Å². The fourth-order valence-electron chi connectivity index (χ4n) is 2.78. The molecule has 1 atom stereocenters. The molecule has 2 aromatic rings. The smallest absolute Gasteiger partial charge is 0.121 e. The number of aryl methyl sites for hydroxylation is 1. The highest BCUT2D eigenvalue weighted by molar-refractivity contribution is 9.10. The van der Waals surface area contributed by atoms with Crippen LogP contribution < -0.4 is 10.1 Å². The van der Waals surface area contributed by atoms with Gasteiger partial charge in [0.25, 0.3) is 0 Å².